The van der Waals surface area contributed by atoms with Crippen LogP contribution < -0.4 is 0 Å². The number of morpholine rings is 1. The molecule has 0 radical (unpaired) electrons. The molecule has 1 aromatic heterocycles. The zero-order valence-electron chi connectivity index (χ0n) is 14.0. The molecule has 2 heterocycles. The number of rotatable bonds is 4. The maximum atomic E-state index is 12.9. The molecule has 4 rings (SSSR count). The largest absolute Gasteiger partial charge is 0.379 e. The van der Waals surface area contributed by atoms with Crippen molar-refractivity contribution in [3.8, 4) is 0 Å². The molecule has 0 amide bonds. The van der Waals surface area contributed by atoms with Crippen LogP contribution in [-0.2, 0) is 14.8 Å². The van der Waals surface area contributed by atoms with Crippen molar-refractivity contribution in [1.82, 2.24) is 9.29 Å². The van der Waals surface area contributed by atoms with E-state index >= 15 is 0 Å². The van der Waals surface area contributed by atoms with E-state index in [2.05, 4.69) is 4.98 Å². The standard InChI is InChI=1S/C18H22N2O4S/c21-12-16-15-11-14(25(22,23)20-7-9-24-10-8-20)5-6-17(15)19-18(16)13-3-1-2-4-13/h5-6,11-13,19H,1-4,7-10H2. The summed E-state index contributed by atoms with van der Waals surface area (Å²) < 4.78 is 32.4. The predicted octanol–water partition coefficient (Wildman–Crippen LogP) is 2.66. The van der Waals surface area contributed by atoms with Crippen LogP contribution in [0.2, 0.25) is 0 Å². The fourth-order valence-corrected chi connectivity index (χ4v) is 5.41. The molecule has 1 saturated carbocycles. The third kappa shape index (κ3) is 2.90. The van der Waals surface area contributed by atoms with E-state index < -0.39 is 10.0 Å². The maximum Gasteiger partial charge on any atom is 0.243 e. The normalized spacial score (nSPS) is 20.3. The second-order valence-corrected chi connectivity index (χ2v) is 8.71. The summed E-state index contributed by atoms with van der Waals surface area (Å²) in [7, 11) is -3.56. The molecule has 1 aromatic carbocycles. The molecule has 1 aliphatic heterocycles. The van der Waals surface area contributed by atoms with E-state index in [-0.39, 0.29) is 4.90 Å². The zero-order chi connectivity index (χ0) is 17.4. The highest BCUT2D eigenvalue weighted by Gasteiger charge is 2.28. The number of aromatic amines is 1. The summed E-state index contributed by atoms with van der Waals surface area (Å²) in [6, 6.07) is 5.03. The Morgan fingerprint density at radius 3 is 2.56 bits per heavy atom. The van der Waals surface area contributed by atoms with E-state index in [0.717, 1.165) is 30.3 Å². The minimum absolute atomic E-state index is 0.238. The fraction of sp³-hybridized carbons (Fsp3) is 0.500. The minimum Gasteiger partial charge on any atom is -0.379 e. The second-order valence-electron chi connectivity index (χ2n) is 6.78. The SMILES string of the molecule is O=Cc1c(C2CCCC2)[nH]c2ccc(S(=O)(=O)N3CCOCC3)cc12. The number of ether oxygens (including phenoxy) is 1. The third-order valence-electron chi connectivity index (χ3n) is 5.33. The van der Waals surface area contributed by atoms with Crippen LogP contribution in [0.25, 0.3) is 10.9 Å². The summed E-state index contributed by atoms with van der Waals surface area (Å²) in [6.45, 7) is 1.55. The Labute approximate surface area is 147 Å². The number of hydrogen-bond donors (Lipinski definition) is 1. The number of aromatic nitrogens is 1. The van der Waals surface area contributed by atoms with E-state index in [1.807, 2.05) is 0 Å². The first-order valence-electron chi connectivity index (χ1n) is 8.80. The smallest absolute Gasteiger partial charge is 0.243 e. The summed E-state index contributed by atoms with van der Waals surface area (Å²) in [5, 5.41) is 0.700. The van der Waals surface area contributed by atoms with Crippen molar-refractivity contribution < 1.29 is 17.9 Å². The number of nitrogens with zero attached hydrogens (tertiary/aromatic N) is 1. The highest BCUT2D eigenvalue weighted by atomic mass is 32.2. The average Bonchev–Trinajstić information content (AvgIpc) is 3.29. The molecule has 1 aliphatic carbocycles. The first-order chi connectivity index (χ1) is 12.1. The summed E-state index contributed by atoms with van der Waals surface area (Å²) in [6.07, 6.45) is 5.36. The monoisotopic (exact) mass is 362 g/mol. The summed E-state index contributed by atoms with van der Waals surface area (Å²) in [5.41, 5.74) is 2.40. The van der Waals surface area contributed by atoms with Crippen LogP contribution in [0.1, 0.15) is 47.7 Å². The fourth-order valence-electron chi connectivity index (χ4n) is 3.97. The molecule has 0 unspecified atom stereocenters. The lowest BCUT2D eigenvalue weighted by Crippen LogP contribution is -2.40. The van der Waals surface area contributed by atoms with Gasteiger partial charge in [-0.1, -0.05) is 12.8 Å². The molecule has 0 atom stereocenters. The quantitative estimate of drug-likeness (QED) is 0.848. The van der Waals surface area contributed by atoms with Gasteiger partial charge in [0.25, 0.3) is 0 Å². The number of H-pyrrole nitrogens is 1. The molecule has 7 heteroatoms. The lowest BCUT2D eigenvalue weighted by atomic mass is 9.99. The highest BCUT2D eigenvalue weighted by Crippen LogP contribution is 2.38. The van der Waals surface area contributed by atoms with E-state index in [4.69, 9.17) is 4.74 Å². The second kappa shape index (κ2) is 6.55. The van der Waals surface area contributed by atoms with Crippen LogP contribution >= 0.6 is 0 Å². The molecule has 2 aromatic rings. The van der Waals surface area contributed by atoms with Gasteiger partial charge in [-0.15, -0.1) is 0 Å². The van der Waals surface area contributed by atoms with Crippen LogP contribution in [0.4, 0.5) is 0 Å². The number of carbonyl (C=O) groups is 1. The Kier molecular flexibility index (Phi) is 4.39. The lowest BCUT2D eigenvalue weighted by Gasteiger charge is -2.26. The van der Waals surface area contributed by atoms with Gasteiger partial charge in [0.2, 0.25) is 10.0 Å². The van der Waals surface area contributed by atoms with Crippen LogP contribution in [0.15, 0.2) is 23.1 Å². The van der Waals surface area contributed by atoms with Crippen LogP contribution in [0, 0.1) is 0 Å². The van der Waals surface area contributed by atoms with Gasteiger partial charge in [-0.25, -0.2) is 8.42 Å². The molecular formula is C18H22N2O4S. The van der Waals surface area contributed by atoms with Crippen molar-refractivity contribution in [2.75, 3.05) is 26.3 Å². The van der Waals surface area contributed by atoms with Gasteiger partial charge in [0.05, 0.1) is 18.1 Å². The van der Waals surface area contributed by atoms with Crippen LogP contribution in [-0.4, -0.2) is 50.3 Å². The van der Waals surface area contributed by atoms with Gasteiger partial charge in [0.15, 0.2) is 6.29 Å². The summed E-state index contributed by atoms with van der Waals surface area (Å²) >= 11 is 0. The van der Waals surface area contributed by atoms with Crippen molar-refractivity contribution in [1.29, 1.82) is 0 Å². The van der Waals surface area contributed by atoms with Gasteiger partial charge < -0.3 is 9.72 Å². The molecule has 6 nitrogen and oxygen atoms in total. The number of carbonyl (C=O) groups excluding carboxylic acids is 1. The maximum absolute atomic E-state index is 12.9. The van der Waals surface area contributed by atoms with E-state index in [9.17, 15) is 13.2 Å². The van der Waals surface area contributed by atoms with Gasteiger partial charge in [0.1, 0.15) is 0 Å². The third-order valence-corrected chi connectivity index (χ3v) is 7.22. The number of fused-ring (bicyclic) bond motifs is 1. The van der Waals surface area contributed by atoms with Gasteiger partial charge in [0, 0.05) is 35.2 Å². The molecule has 1 saturated heterocycles. The Morgan fingerprint density at radius 2 is 1.88 bits per heavy atom. The molecular weight excluding hydrogens is 340 g/mol. The van der Waals surface area contributed by atoms with E-state index in [1.165, 1.54) is 17.1 Å². The number of aldehydes is 1. The highest BCUT2D eigenvalue weighted by molar-refractivity contribution is 7.89. The lowest BCUT2D eigenvalue weighted by molar-refractivity contribution is 0.0730. The van der Waals surface area contributed by atoms with Crippen molar-refractivity contribution >= 4 is 27.2 Å². The van der Waals surface area contributed by atoms with Gasteiger partial charge in [-0.05, 0) is 37.0 Å². The molecule has 1 N–H and O–H groups in total. The minimum atomic E-state index is -3.56. The molecule has 134 valence electrons. The molecule has 2 aliphatic rings. The topological polar surface area (TPSA) is 79.5 Å². The molecule has 0 spiro atoms. The average molecular weight is 362 g/mol. The Balaban J connectivity index is 1.78. The van der Waals surface area contributed by atoms with Crippen molar-refractivity contribution in [3.63, 3.8) is 0 Å². The zero-order valence-corrected chi connectivity index (χ0v) is 14.8. The van der Waals surface area contributed by atoms with Crippen LogP contribution in [0.3, 0.4) is 0 Å². The van der Waals surface area contributed by atoms with Crippen molar-refractivity contribution in [2.24, 2.45) is 0 Å². The Morgan fingerprint density at radius 1 is 1.16 bits per heavy atom. The summed E-state index contributed by atoms with van der Waals surface area (Å²) in [4.78, 5) is 15.3. The van der Waals surface area contributed by atoms with E-state index in [0.29, 0.717) is 43.2 Å². The van der Waals surface area contributed by atoms with Crippen molar-refractivity contribution in [3.05, 3.63) is 29.5 Å². The number of hydrogen-bond acceptors (Lipinski definition) is 4. The Bertz CT molecular complexity index is 891. The Hall–Kier alpha value is -1.70. The summed E-state index contributed by atoms with van der Waals surface area (Å²) in [5.74, 6) is 0.368. The number of nitrogens with one attached hydrogen (secondary N) is 1. The molecule has 2 fully saturated rings. The van der Waals surface area contributed by atoms with Gasteiger partial charge in [-0.2, -0.15) is 4.31 Å². The molecule has 0 bridgehead atoms. The van der Waals surface area contributed by atoms with Crippen molar-refractivity contribution in [2.45, 2.75) is 36.5 Å². The number of benzene rings is 1. The van der Waals surface area contributed by atoms with E-state index in [1.54, 1.807) is 18.2 Å². The first-order valence-corrected chi connectivity index (χ1v) is 10.2. The van der Waals surface area contributed by atoms with Gasteiger partial charge in [-0.3, -0.25) is 4.79 Å². The first kappa shape index (κ1) is 16.8. The number of sulfonamides is 1. The van der Waals surface area contributed by atoms with Gasteiger partial charge >= 0.3 is 0 Å². The predicted molar refractivity (Wildman–Crippen MR) is 94.5 cm³/mol. The van der Waals surface area contributed by atoms with Crippen LogP contribution in [0.5, 0.6) is 0 Å². The molecule has 25 heavy (non-hydrogen) atoms.